The van der Waals surface area contributed by atoms with Gasteiger partial charge in [-0.1, -0.05) is 35.0 Å². The highest BCUT2D eigenvalue weighted by Crippen LogP contribution is 2.21. The van der Waals surface area contributed by atoms with Gasteiger partial charge in [0, 0.05) is 31.5 Å². The minimum Gasteiger partial charge on any atom is -0.341 e. The van der Waals surface area contributed by atoms with E-state index in [1.165, 1.54) is 0 Å². The van der Waals surface area contributed by atoms with Crippen LogP contribution in [0.15, 0.2) is 46.3 Å². The highest BCUT2D eigenvalue weighted by atomic mass is 35.5. The van der Waals surface area contributed by atoms with Crippen LogP contribution in [0, 0.1) is 0 Å². The lowest BCUT2D eigenvalue weighted by Gasteiger charge is -2.16. The first-order valence-corrected chi connectivity index (χ1v) is 8.72. The molecule has 0 N–H and O–H groups in total. The van der Waals surface area contributed by atoms with Crippen molar-refractivity contribution in [2.24, 2.45) is 0 Å². The zero-order valence-electron chi connectivity index (χ0n) is 13.1. The van der Waals surface area contributed by atoms with Crippen molar-refractivity contribution in [3.05, 3.63) is 58.3 Å². The van der Waals surface area contributed by atoms with Crippen molar-refractivity contribution in [1.29, 1.82) is 0 Å². The third-order valence-corrected chi connectivity index (χ3v) is 4.64. The molecule has 0 fully saturated rings. The molecule has 0 saturated carbocycles. The first kappa shape index (κ1) is 16.7. The van der Waals surface area contributed by atoms with E-state index in [4.69, 9.17) is 16.1 Å². The van der Waals surface area contributed by atoms with Gasteiger partial charge >= 0.3 is 0 Å². The molecule has 1 amide bonds. The van der Waals surface area contributed by atoms with Crippen molar-refractivity contribution in [2.75, 3.05) is 7.05 Å². The van der Waals surface area contributed by atoms with Gasteiger partial charge < -0.3 is 9.42 Å². The van der Waals surface area contributed by atoms with Crippen LogP contribution in [0.1, 0.15) is 17.9 Å². The van der Waals surface area contributed by atoms with Gasteiger partial charge in [0.15, 0.2) is 0 Å². The summed E-state index contributed by atoms with van der Waals surface area (Å²) in [6.45, 7) is 0.542. The average molecular weight is 362 g/mol. The summed E-state index contributed by atoms with van der Waals surface area (Å²) in [5, 5.41) is 6.59. The van der Waals surface area contributed by atoms with Crippen LogP contribution in [-0.4, -0.2) is 28.0 Å². The van der Waals surface area contributed by atoms with E-state index < -0.39 is 0 Å². The molecule has 124 valence electrons. The second kappa shape index (κ2) is 7.59. The fourth-order valence-corrected chi connectivity index (χ4v) is 2.99. The molecule has 0 aliphatic carbocycles. The number of amides is 1. The smallest absolute Gasteiger partial charge is 0.227 e. The number of carbonyl (C=O) groups excluding carboxylic acids is 1. The molecule has 2 heterocycles. The summed E-state index contributed by atoms with van der Waals surface area (Å²) >= 11 is 7.42. The lowest BCUT2D eigenvalue weighted by Crippen LogP contribution is -2.26. The molecule has 5 nitrogen and oxygen atoms in total. The first-order chi connectivity index (χ1) is 11.6. The number of carbonyl (C=O) groups is 1. The van der Waals surface area contributed by atoms with E-state index in [1.807, 2.05) is 41.8 Å². The Kier molecular flexibility index (Phi) is 5.27. The lowest BCUT2D eigenvalue weighted by molar-refractivity contribution is -0.130. The number of benzene rings is 1. The van der Waals surface area contributed by atoms with Gasteiger partial charge in [0.1, 0.15) is 0 Å². The van der Waals surface area contributed by atoms with E-state index in [1.54, 1.807) is 23.3 Å². The molecule has 0 radical (unpaired) electrons. The number of aromatic nitrogens is 2. The highest BCUT2D eigenvalue weighted by molar-refractivity contribution is 7.13. The molecular weight excluding hydrogens is 346 g/mol. The molecule has 0 aliphatic heterocycles. The van der Waals surface area contributed by atoms with Gasteiger partial charge in [-0.2, -0.15) is 4.98 Å². The Bertz CT molecular complexity index is 800. The van der Waals surface area contributed by atoms with Gasteiger partial charge in [-0.05, 0) is 29.1 Å². The number of thiophene rings is 1. The number of aryl methyl sites for hydroxylation is 1. The van der Waals surface area contributed by atoms with Crippen molar-refractivity contribution in [3.8, 4) is 10.7 Å². The average Bonchev–Trinajstić information content (AvgIpc) is 3.25. The van der Waals surface area contributed by atoms with Crippen LogP contribution in [0.5, 0.6) is 0 Å². The SMILES string of the molecule is CN(Cc1ccc(Cl)cc1)C(=O)CCc1nc(-c2cccs2)no1. The van der Waals surface area contributed by atoms with Gasteiger partial charge in [0.05, 0.1) is 4.88 Å². The minimum atomic E-state index is 0.0285. The van der Waals surface area contributed by atoms with Crippen LogP contribution < -0.4 is 0 Å². The van der Waals surface area contributed by atoms with Crippen LogP contribution in [-0.2, 0) is 17.8 Å². The highest BCUT2D eigenvalue weighted by Gasteiger charge is 2.14. The maximum atomic E-state index is 12.2. The summed E-state index contributed by atoms with van der Waals surface area (Å²) < 4.78 is 5.21. The minimum absolute atomic E-state index is 0.0285. The number of hydrogen-bond acceptors (Lipinski definition) is 5. The zero-order chi connectivity index (χ0) is 16.9. The summed E-state index contributed by atoms with van der Waals surface area (Å²) in [7, 11) is 1.78. The molecule has 24 heavy (non-hydrogen) atoms. The number of nitrogens with zero attached hydrogens (tertiary/aromatic N) is 3. The summed E-state index contributed by atoms with van der Waals surface area (Å²) in [4.78, 5) is 19.2. The van der Waals surface area contributed by atoms with Crippen LogP contribution in [0.2, 0.25) is 5.02 Å². The van der Waals surface area contributed by atoms with Crippen molar-refractivity contribution >= 4 is 28.8 Å². The van der Waals surface area contributed by atoms with Crippen LogP contribution >= 0.6 is 22.9 Å². The quantitative estimate of drug-likeness (QED) is 0.664. The van der Waals surface area contributed by atoms with E-state index in [0.29, 0.717) is 36.1 Å². The number of halogens is 1. The fraction of sp³-hybridized carbons (Fsp3) is 0.235. The predicted octanol–water partition coefficient (Wildman–Crippen LogP) is 4.04. The lowest BCUT2D eigenvalue weighted by atomic mass is 10.2. The van der Waals surface area contributed by atoms with Gasteiger partial charge in [-0.3, -0.25) is 4.79 Å². The molecule has 3 aromatic rings. The summed E-state index contributed by atoms with van der Waals surface area (Å²) in [6, 6.07) is 11.3. The van der Waals surface area contributed by atoms with Crippen molar-refractivity contribution in [3.63, 3.8) is 0 Å². The predicted molar refractivity (Wildman–Crippen MR) is 93.9 cm³/mol. The Balaban J connectivity index is 1.52. The summed E-state index contributed by atoms with van der Waals surface area (Å²) in [5.74, 6) is 1.08. The van der Waals surface area contributed by atoms with E-state index in [2.05, 4.69) is 10.1 Å². The van der Waals surface area contributed by atoms with Crippen molar-refractivity contribution < 1.29 is 9.32 Å². The second-order valence-electron chi connectivity index (χ2n) is 5.37. The second-order valence-corrected chi connectivity index (χ2v) is 6.75. The molecule has 2 aromatic heterocycles. The maximum absolute atomic E-state index is 12.2. The third-order valence-electron chi connectivity index (χ3n) is 3.52. The summed E-state index contributed by atoms with van der Waals surface area (Å²) in [5.41, 5.74) is 1.04. The Morgan fingerprint density at radius 2 is 2.08 bits per heavy atom. The van der Waals surface area contributed by atoms with Crippen LogP contribution in [0.25, 0.3) is 10.7 Å². The van der Waals surface area contributed by atoms with E-state index in [0.717, 1.165) is 10.4 Å². The molecule has 1 aromatic carbocycles. The topological polar surface area (TPSA) is 59.2 Å². The standard InChI is InChI=1S/C17H16ClN3O2S/c1-21(11-12-4-6-13(18)7-5-12)16(22)9-8-15-19-17(20-23-15)14-3-2-10-24-14/h2-7,10H,8-9,11H2,1H3. The first-order valence-electron chi connectivity index (χ1n) is 7.46. The van der Waals surface area contributed by atoms with Crippen LogP contribution in [0.4, 0.5) is 0 Å². The molecule has 0 spiro atoms. The Labute approximate surface area is 148 Å². The zero-order valence-corrected chi connectivity index (χ0v) is 14.7. The van der Waals surface area contributed by atoms with Gasteiger partial charge in [0.25, 0.3) is 0 Å². The van der Waals surface area contributed by atoms with E-state index >= 15 is 0 Å². The molecule has 7 heteroatoms. The summed E-state index contributed by atoms with van der Waals surface area (Å²) in [6.07, 6.45) is 0.762. The van der Waals surface area contributed by atoms with Crippen LogP contribution in [0.3, 0.4) is 0 Å². The molecule has 0 aliphatic rings. The Hall–Kier alpha value is -2.18. The molecule has 0 atom stereocenters. The van der Waals surface area contributed by atoms with Gasteiger partial charge in [-0.25, -0.2) is 0 Å². The largest absolute Gasteiger partial charge is 0.341 e. The molecular formula is C17H16ClN3O2S. The molecule has 0 bridgehead atoms. The van der Waals surface area contributed by atoms with Gasteiger partial charge in [0.2, 0.25) is 17.6 Å². The normalized spacial score (nSPS) is 10.8. The van der Waals surface area contributed by atoms with Gasteiger partial charge in [-0.15, -0.1) is 11.3 Å². The van der Waals surface area contributed by atoms with E-state index in [9.17, 15) is 4.79 Å². The fourth-order valence-electron chi connectivity index (χ4n) is 2.22. The Morgan fingerprint density at radius 3 is 2.79 bits per heavy atom. The van der Waals surface area contributed by atoms with Crippen molar-refractivity contribution in [2.45, 2.75) is 19.4 Å². The number of hydrogen-bond donors (Lipinski definition) is 0. The molecule has 0 saturated heterocycles. The molecule has 0 unspecified atom stereocenters. The third kappa shape index (κ3) is 4.21. The van der Waals surface area contributed by atoms with Crippen molar-refractivity contribution in [1.82, 2.24) is 15.0 Å². The maximum Gasteiger partial charge on any atom is 0.227 e. The Morgan fingerprint density at radius 1 is 1.29 bits per heavy atom. The molecule has 3 rings (SSSR count). The number of rotatable bonds is 6. The van der Waals surface area contributed by atoms with E-state index in [-0.39, 0.29) is 5.91 Å². The monoisotopic (exact) mass is 361 g/mol.